The molecule has 1 unspecified atom stereocenters. The molecule has 9 nitrogen and oxygen atoms in total. The highest BCUT2D eigenvalue weighted by molar-refractivity contribution is 5.92. The summed E-state index contributed by atoms with van der Waals surface area (Å²) in [7, 11) is 0. The number of hydrogen-bond donors (Lipinski definition) is 3. The number of carboxylic acids is 1. The van der Waals surface area contributed by atoms with Crippen molar-refractivity contribution in [1.82, 2.24) is 10.2 Å². The summed E-state index contributed by atoms with van der Waals surface area (Å²) < 4.78 is 0. The van der Waals surface area contributed by atoms with Crippen LogP contribution in [0.3, 0.4) is 0 Å². The van der Waals surface area contributed by atoms with Gasteiger partial charge < -0.3 is 20.6 Å². The molecule has 0 radical (unpaired) electrons. The number of carbonyl (C=O) groups excluding carboxylic acids is 1. The highest BCUT2D eigenvalue weighted by Crippen LogP contribution is 2.18. The van der Waals surface area contributed by atoms with Crippen molar-refractivity contribution in [2.24, 2.45) is 0 Å². The van der Waals surface area contributed by atoms with Crippen LogP contribution in [0, 0.1) is 10.1 Å². The van der Waals surface area contributed by atoms with Gasteiger partial charge in [0, 0.05) is 37.5 Å². The zero-order chi connectivity index (χ0) is 15.4. The summed E-state index contributed by atoms with van der Waals surface area (Å²) in [5.41, 5.74) is 0.0970. The number of nitrogens with zero attached hydrogens (tertiary/aromatic N) is 2. The van der Waals surface area contributed by atoms with Crippen LogP contribution < -0.4 is 10.6 Å². The number of rotatable bonds is 3. The van der Waals surface area contributed by atoms with Crippen molar-refractivity contribution in [1.29, 1.82) is 0 Å². The van der Waals surface area contributed by atoms with Crippen molar-refractivity contribution in [3.8, 4) is 0 Å². The predicted octanol–water partition coefficient (Wildman–Crippen LogP) is 0.485. The molecule has 1 aromatic rings. The van der Waals surface area contributed by atoms with E-state index in [-0.39, 0.29) is 24.5 Å². The van der Waals surface area contributed by atoms with Crippen LogP contribution in [-0.2, 0) is 4.79 Å². The quantitative estimate of drug-likeness (QED) is 0.550. The van der Waals surface area contributed by atoms with Crippen molar-refractivity contribution in [3.63, 3.8) is 0 Å². The summed E-state index contributed by atoms with van der Waals surface area (Å²) in [5.74, 6) is -1.10. The number of piperazine rings is 1. The molecule has 1 aliphatic heterocycles. The largest absolute Gasteiger partial charge is 0.480 e. The van der Waals surface area contributed by atoms with Gasteiger partial charge in [-0.15, -0.1) is 0 Å². The lowest BCUT2D eigenvalue weighted by atomic mass is 10.2. The summed E-state index contributed by atoms with van der Waals surface area (Å²) in [6.45, 7) is 0.904. The zero-order valence-electron chi connectivity index (χ0n) is 11.0. The number of carbonyl (C=O) groups is 2. The van der Waals surface area contributed by atoms with Crippen molar-refractivity contribution in [2.45, 2.75) is 6.04 Å². The molecule has 1 atom stereocenters. The van der Waals surface area contributed by atoms with E-state index in [0.29, 0.717) is 6.54 Å². The standard InChI is InChI=1S/C12H14N4O5/c17-11(18)10-7-13-4-5-15(10)12(19)14-8-2-1-3-9(6-8)16(20)21/h1-3,6,10,13H,4-5,7H2,(H,14,19)(H,17,18). The highest BCUT2D eigenvalue weighted by Gasteiger charge is 2.32. The summed E-state index contributed by atoms with van der Waals surface area (Å²) >= 11 is 0. The van der Waals surface area contributed by atoms with E-state index in [1.165, 1.54) is 29.2 Å². The predicted molar refractivity (Wildman–Crippen MR) is 73.1 cm³/mol. The topological polar surface area (TPSA) is 125 Å². The fraction of sp³-hybridized carbons (Fsp3) is 0.333. The molecule has 2 rings (SSSR count). The summed E-state index contributed by atoms with van der Waals surface area (Å²) in [6, 6.07) is 3.92. The molecule has 1 aliphatic rings. The van der Waals surface area contributed by atoms with Gasteiger partial charge in [-0.05, 0) is 6.07 Å². The van der Waals surface area contributed by atoms with Crippen LogP contribution in [0.25, 0.3) is 0 Å². The van der Waals surface area contributed by atoms with Gasteiger partial charge in [0.25, 0.3) is 5.69 Å². The molecule has 21 heavy (non-hydrogen) atoms. The molecule has 2 amide bonds. The lowest BCUT2D eigenvalue weighted by Crippen LogP contribution is -2.58. The molecule has 1 fully saturated rings. The van der Waals surface area contributed by atoms with Crippen molar-refractivity contribution >= 4 is 23.4 Å². The van der Waals surface area contributed by atoms with E-state index in [1.54, 1.807) is 0 Å². The fourth-order valence-corrected chi connectivity index (χ4v) is 2.06. The number of benzene rings is 1. The second-order valence-corrected chi connectivity index (χ2v) is 4.49. The van der Waals surface area contributed by atoms with Gasteiger partial charge >= 0.3 is 12.0 Å². The Balaban J connectivity index is 2.11. The SMILES string of the molecule is O=C(O)C1CNCCN1C(=O)Nc1cccc([N+](=O)[O-])c1. The van der Waals surface area contributed by atoms with Gasteiger partial charge in [-0.25, -0.2) is 9.59 Å². The number of anilines is 1. The Morgan fingerprint density at radius 3 is 2.90 bits per heavy atom. The Kier molecular flexibility index (Phi) is 4.33. The van der Waals surface area contributed by atoms with Crippen molar-refractivity contribution in [2.75, 3.05) is 25.0 Å². The first kappa shape index (κ1) is 14.7. The number of nitro benzene ring substituents is 1. The molecule has 0 saturated carbocycles. The minimum Gasteiger partial charge on any atom is -0.480 e. The second kappa shape index (κ2) is 6.18. The van der Waals surface area contributed by atoms with Gasteiger partial charge in [-0.2, -0.15) is 0 Å². The Labute approximate surface area is 119 Å². The average molecular weight is 294 g/mol. The summed E-state index contributed by atoms with van der Waals surface area (Å²) in [6.07, 6.45) is 0. The molecule has 0 spiro atoms. The number of non-ortho nitro benzene ring substituents is 1. The molecular weight excluding hydrogens is 280 g/mol. The summed E-state index contributed by atoms with van der Waals surface area (Å²) in [5, 5.41) is 25.1. The summed E-state index contributed by atoms with van der Waals surface area (Å²) in [4.78, 5) is 34.5. The van der Waals surface area contributed by atoms with Gasteiger partial charge in [0.15, 0.2) is 0 Å². The first-order chi connectivity index (χ1) is 9.99. The lowest BCUT2D eigenvalue weighted by Gasteiger charge is -2.33. The van der Waals surface area contributed by atoms with Crippen LogP contribution in [0.5, 0.6) is 0 Å². The Hall–Kier alpha value is -2.68. The van der Waals surface area contributed by atoms with Gasteiger partial charge in [0.1, 0.15) is 6.04 Å². The first-order valence-electron chi connectivity index (χ1n) is 6.24. The van der Waals surface area contributed by atoms with Crippen LogP contribution in [0.4, 0.5) is 16.2 Å². The van der Waals surface area contributed by atoms with E-state index in [0.717, 1.165) is 0 Å². The van der Waals surface area contributed by atoms with E-state index in [4.69, 9.17) is 5.11 Å². The number of aliphatic carboxylic acids is 1. The highest BCUT2D eigenvalue weighted by atomic mass is 16.6. The number of urea groups is 1. The molecule has 3 N–H and O–H groups in total. The van der Waals surface area contributed by atoms with Gasteiger partial charge in [-0.3, -0.25) is 10.1 Å². The maximum atomic E-state index is 12.1. The zero-order valence-corrected chi connectivity index (χ0v) is 11.0. The molecule has 0 bridgehead atoms. The Morgan fingerprint density at radius 1 is 1.48 bits per heavy atom. The van der Waals surface area contributed by atoms with Crippen LogP contribution >= 0.6 is 0 Å². The minimum atomic E-state index is -1.10. The van der Waals surface area contributed by atoms with Crippen molar-refractivity contribution < 1.29 is 19.6 Å². The number of amides is 2. The fourth-order valence-electron chi connectivity index (χ4n) is 2.06. The molecule has 1 aromatic carbocycles. The molecule has 1 saturated heterocycles. The molecular formula is C12H14N4O5. The third-order valence-corrected chi connectivity index (χ3v) is 3.10. The maximum absolute atomic E-state index is 12.1. The lowest BCUT2D eigenvalue weighted by molar-refractivity contribution is -0.384. The van der Waals surface area contributed by atoms with E-state index in [1.807, 2.05) is 0 Å². The van der Waals surface area contributed by atoms with Crippen LogP contribution in [0.2, 0.25) is 0 Å². The van der Waals surface area contributed by atoms with E-state index in [2.05, 4.69) is 10.6 Å². The molecule has 1 heterocycles. The second-order valence-electron chi connectivity index (χ2n) is 4.49. The third kappa shape index (κ3) is 3.45. The molecule has 0 aliphatic carbocycles. The Morgan fingerprint density at radius 2 is 2.24 bits per heavy atom. The average Bonchev–Trinajstić information content (AvgIpc) is 2.47. The minimum absolute atomic E-state index is 0.150. The van der Waals surface area contributed by atoms with E-state index in [9.17, 15) is 19.7 Å². The maximum Gasteiger partial charge on any atom is 0.327 e. The van der Waals surface area contributed by atoms with Gasteiger partial charge in [0.2, 0.25) is 0 Å². The monoisotopic (exact) mass is 294 g/mol. The van der Waals surface area contributed by atoms with Crippen LogP contribution in [0.15, 0.2) is 24.3 Å². The van der Waals surface area contributed by atoms with E-state index < -0.39 is 23.0 Å². The molecule has 112 valence electrons. The number of carboxylic acid groups (broad SMARTS) is 1. The normalized spacial score (nSPS) is 18.1. The van der Waals surface area contributed by atoms with Gasteiger partial charge in [0.05, 0.1) is 4.92 Å². The van der Waals surface area contributed by atoms with Crippen molar-refractivity contribution in [3.05, 3.63) is 34.4 Å². The Bertz CT molecular complexity index is 577. The smallest absolute Gasteiger partial charge is 0.327 e. The molecule has 9 heteroatoms. The number of nitrogens with one attached hydrogen (secondary N) is 2. The van der Waals surface area contributed by atoms with E-state index >= 15 is 0 Å². The first-order valence-corrected chi connectivity index (χ1v) is 6.24. The van der Waals surface area contributed by atoms with Gasteiger partial charge in [-0.1, -0.05) is 6.07 Å². The number of hydrogen-bond acceptors (Lipinski definition) is 5. The van der Waals surface area contributed by atoms with Crippen LogP contribution in [0.1, 0.15) is 0 Å². The third-order valence-electron chi connectivity index (χ3n) is 3.10. The number of nitro groups is 1. The molecule has 0 aromatic heterocycles. The van der Waals surface area contributed by atoms with Crippen LogP contribution in [-0.4, -0.2) is 52.6 Å².